The standard InChI is InChI=1S/C16H16N2O2/c1-16(2,3)20-15(19)14(18-17)13-9-8-11-6-4-5-7-12(11)10-13/h4-10H,1-3H3. The lowest BCUT2D eigenvalue weighted by atomic mass is 10.0. The Morgan fingerprint density at radius 1 is 1.10 bits per heavy atom. The minimum absolute atomic E-state index is 0.0920. The Balaban J connectivity index is 2.40. The van der Waals surface area contributed by atoms with Crippen LogP contribution in [-0.4, -0.2) is 22.1 Å². The Hall–Kier alpha value is -2.45. The molecule has 2 aromatic carbocycles. The number of rotatable bonds is 2. The molecule has 0 aromatic heterocycles. The van der Waals surface area contributed by atoms with Gasteiger partial charge in [0.05, 0.1) is 5.56 Å². The van der Waals surface area contributed by atoms with Gasteiger partial charge in [0.2, 0.25) is 0 Å². The van der Waals surface area contributed by atoms with Crippen LogP contribution in [0, 0.1) is 0 Å². The van der Waals surface area contributed by atoms with Gasteiger partial charge < -0.3 is 10.3 Å². The van der Waals surface area contributed by atoms with E-state index in [9.17, 15) is 4.79 Å². The summed E-state index contributed by atoms with van der Waals surface area (Å²) in [4.78, 5) is 15.1. The van der Waals surface area contributed by atoms with Crippen LogP contribution in [0.4, 0.5) is 0 Å². The van der Waals surface area contributed by atoms with E-state index >= 15 is 0 Å². The average molecular weight is 268 g/mol. The summed E-state index contributed by atoms with van der Waals surface area (Å²) in [7, 11) is 0. The zero-order chi connectivity index (χ0) is 14.8. The molecule has 0 amide bonds. The van der Waals surface area contributed by atoms with E-state index in [-0.39, 0.29) is 5.71 Å². The second-order valence-electron chi connectivity index (χ2n) is 5.51. The molecule has 102 valence electrons. The van der Waals surface area contributed by atoms with Crippen molar-refractivity contribution in [1.29, 1.82) is 0 Å². The van der Waals surface area contributed by atoms with Gasteiger partial charge in [-0.15, -0.1) is 0 Å². The molecule has 0 heterocycles. The van der Waals surface area contributed by atoms with Gasteiger partial charge in [0, 0.05) is 0 Å². The Morgan fingerprint density at radius 2 is 1.75 bits per heavy atom. The van der Waals surface area contributed by atoms with E-state index in [2.05, 4.69) is 4.79 Å². The molecule has 4 nitrogen and oxygen atoms in total. The molecule has 0 aliphatic carbocycles. The number of carbonyl (C=O) groups is 1. The van der Waals surface area contributed by atoms with Crippen molar-refractivity contribution in [3.63, 3.8) is 0 Å². The number of nitrogens with zero attached hydrogens (tertiary/aromatic N) is 2. The van der Waals surface area contributed by atoms with Crippen molar-refractivity contribution in [2.24, 2.45) is 0 Å². The molecule has 0 saturated carbocycles. The first-order valence-electron chi connectivity index (χ1n) is 6.35. The molecule has 0 N–H and O–H groups in total. The fourth-order valence-corrected chi connectivity index (χ4v) is 1.88. The highest BCUT2D eigenvalue weighted by Crippen LogP contribution is 2.17. The molecule has 0 bridgehead atoms. The number of ether oxygens (including phenoxy) is 1. The molecule has 0 aliphatic heterocycles. The third-order valence-electron chi connectivity index (χ3n) is 2.72. The predicted octanol–water partition coefficient (Wildman–Crippen LogP) is 3.20. The van der Waals surface area contributed by atoms with Crippen molar-refractivity contribution in [3.8, 4) is 0 Å². The van der Waals surface area contributed by atoms with Gasteiger partial charge in [-0.3, -0.25) is 0 Å². The van der Waals surface area contributed by atoms with Crippen molar-refractivity contribution in [3.05, 3.63) is 53.6 Å². The molecule has 0 unspecified atom stereocenters. The Kier molecular flexibility index (Phi) is 3.68. The van der Waals surface area contributed by atoms with Gasteiger partial charge in [0.25, 0.3) is 0 Å². The van der Waals surface area contributed by atoms with Crippen LogP contribution in [0.1, 0.15) is 26.3 Å². The summed E-state index contributed by atoms with van der Waals surface area (Å²) in [5.41, 5.74) is 8.91. The van der Waals surface area contributed by atoms with Gasteiger partial charge in [-0.1, -0.05) is 30.3 Å². The van der Waals surface area contributed by atoms with Crippen LogP contribution in [0.15, 0.2) is 42.5 Å². The molecular weight excluding hydrogens is 252 g/mol. The summed E-state index contributed by atoms with van der Waals surface area (Å²) in [5, 5.41) is 2.02. The lowest BCUT2D eigenvalue weighted by Gasteiger charge is -2.17. The minimum atomic E-state index is -0.643. The smallest absolute Gasteiger partial charge is 0.422 e. The molecule has 0 atom stereocenters. The molecule has 0 saturated heterocycles. The van der Waals surface area contributed by atoms with Crippen molar-refractivity contribution in [2.45, 2.75) is 26.4 Å². The van der Waals surface area contributed by atoms with Crippen LogP contribution in [0.25, 0.3) is 16.3 Å². The summed E-state index contributed by atoms with van der Waals surface area (Å²) < 4.78 is 5.23. The largest absolute Gasteiger partial charge is 0.451 e. The van der Waals surface area contributed by atoms with Crippen molar-refractivity contribution < 1.29 is 14.3 Å². The Morgan fingerprint density at radius 3 is 2.35 bits per heavy atom. The van der Waals surface area contributed by atoms with Gasteiger partial charge in [-0.25, -0.2) is 4.79 Å². The number of esters is 1. The van der Waals surface area contributed by atoms with Gasteiger partial charge in [-0.2, -0.15) is 4.79 Å². The summed E-state index contributed by atoms with van der Waals surface area (Å²) in [6, 6.07) is 13.2. The van der Waals surface area contributed by atoms with Gasteiger partial charge >= 0.3 is 11.7 Å². The SMILES string of the molecule is CC(C)(C)OC(=O)C(=[N+]=[N-])c1ccc2ccccc2c1. The maximum atomic E-state index is 12.0. The summed E-state index contributed by atoms with van der Waals surface area (Å²) in [6.45, 7) is 5.29. The lowest BCUT2D eigenvalue weighted by molar-refractivity contribution is -0.150. The zero-order valence-electron chi connectivity index (χ0n) is 11.8. The van der Waals surface area contributed by atoms with E-state index in [1.165, 1.54) is 0 Å². The minimum Gasteiger partial charge on any atom is -0.451 e. The van der Waals surface area contributed by atoms with Crippen molar-refractivity contribution in [1.82, 2.24) is 0 Å². The summed E-state index contributed by atoms with van der Waals surface area (Å²) in [6.07, 6.45) is 0. The van der Waals surface area contributed by atoms with Crippen LogP contribution >= 0.6 is 0 Å². The first-order valence-corrected chi connectivity index (χ1v) is 6.35. The highest BCUT2D eigenvalue weighted by molar-refractivity contribution is 6.41. The molecule has 0 aliphatic rings. The zero-order valence-corrected chi connectivity index (χ0v) is 11.8. The van der Waals surface area contributed by atoms with Crippen LogP contribution in [0.2, 0.25) is 0 Å². The molecule has 2 aromatic rings. The fraction of sp³-hybridized carbons (Fsp3) is 0.250. The third-order valence-corrected chi connectivity index (χ3v) is 2.72. The fourth-order valence-electron chi connectivity index (χ4n) is 1.88. The molecule has 0 fully saturated rings. The van der Waals surface area contributed by atoms with Gasteiger partial charge in [-0.05, 0) is 43.7 Å². The normalized spacial score (nSPS) is 10.9. The predicted molar refractivity (Wildman–Crippen MR) is 77.5 cm³/mol. The van der Waals surface area contributed by atoms with E-state index in [1.807, 2.05) is 30.3 Å². The first kappa shape index (κ1) is 14.0. The van der Waals surface area contributed by atoms with E-state index in [1.54, 1.807) is 32.9 Å². The van der Waals surface area contributed by atoms with E-state index in [4.69, 9.17) is 10.3 Å². The topological polar surface area (TPSA) is 62.7 Å². The Labute approximate surface area is 117 Å². The van der Waals surface area contributed by atoms with E-state index < -0.39 is 11.6 Å². The maximum Gasteiger partial charge on any atom is 0.422 e. The van der Waals surface area contributed by atoms with Crippen molar-refractivity contribution in [2.75, 3.05) is 0 Å². The third kappa shape index (κ3) is 3.11. The monoisotopic (exact) mass is 268 g/mol. The number of hydrogen-bond donors (Lipinski definition) is 0. The molecule has 0 spiro atoms. The quantitative estimate of drug-likeness (QED) is 0.363. The van der Waals surface area contributed by atoms with E-state index in [0.717, 1.165) is 10.8 Å². The molecule has 4 heteroatoms. The Bertz CT molecular complexity index is 708. The molecule has 20 heavy (non-hydrogen) atoms. The van der Waals surface area contributed by atoms with Crippen LogP contribution in [-0.2, 0) is 9.53 Å². The first-order chi connectivity index (χ1) is 9.40. The summed E-state index contributed by atoms with van der Waals surface area (Å²) >= 11 is 0. The van der Waals surface area contributed by atoms with E-state index in [0.29, 0.717) is 5.56 Å². The number of hydrogen-bond acceptors (Lipinski definition) is 2. The molecular formula is C16H16N2O2. The van der Waals surface area contributed by atoms with Crippen LogP contribution in [0.3, 0.4) is 0 Å². The van der Waals surface area contributed by atoms with Gasteiger partial charge in [0.15, 0.2) is 0 Å². The second kappa shape index (κ2) is 5.27. The number of fused-ring (bicyclic) bond motifs is 1. The highest BCUT2D eigenvalue weighted by Gasteiger charge is 2.29. The van der Waals surface area contributed by atoms with Crippen LogP contribution < -0.4 is 0 Å². The lowest BCUT2D eigenvalue weighted by Crippen LogP contribution is -2.30. The van der Waals surface area contributed by atoms with Crippen LogP contribution in [0.5, 0.6) is 0 Å². The maximum absolute atomic E-state index is 12.0. The summed E-state index contributed by atoms with van der Waals surface area (Å²) in [5.74, 6) is -0.643. The van der Waals surface area contributed by atoms with Gasteiger partial charge in [0.1, 0.15) is 5.60 Å². The molecule has 2 rings (SSSR count). The molecule has 0 radical (unpaired) electrons. The number of benzene rings is 2. The number of carbonyl (C=O) groups excluding carboxylic acids is 1. The van der Waals surface area contributed by atoms with Crippen molar-refractivity contribution >= 4 is 22.5 Å². The second-order valence-corrected chi connectivity index (χ2v) is 5.51. The highest BCUT2D eigenvalue weighted by atomic mass is 16.6. The average Bonchev–Trinajstić information content (AvgIpc) is 2.37.